The monoisotopic (exact) mass is 326 g/mol. The Morgan fingerprint density at radius 2 is 2.12 bits per heavy atom. The SMILES string of the molecule is CC(C)Cn1cnc2c(NC(=O)NCCN)nc3ccccc3c21. The number of anilines is 1. The summed E-state index contributed by atoms with van der Waals surface area (Å²) in [6.07, 6.45) is 1.81. The van der Waals surface area contributed by atoms with Crippen LogP contribution >= 0.6 is 0 Å². The molecule has 0 unspecified atom stereocenters. The molecule has 7 heteroatoms. The Kier molecular flexibility index (Phi) is 4.61. The molecular weight excluding hydrogens is 304 g/mol. The van der Waals surface area contributed by atoms with Crippen LogP contribution in [0.2, 0.25) is 0 Å². The first-order valence-electron chi connectivity index (χ1n) is 8.08. The van der Waals surface area contributed by atoms with Gasteiger partial charge in [0.05, 0.1) is 17.4 Å². The summed E-state index contributed by atoms with van der Waals surface area (Å²) >= 11 is 0. The fourth-order valence-corrected chi connectivity index (χ4v) is 2.74. The molecule has 1 aromatic carbocycles. The Labute approximate surface area is 140 Å². The van der Waals surface area contributed by atoms with Crippen LogP contribution in [-0.4, -0.2) is 33.7 Å². The molecule has 2 amide bonds. The number of amides is 2. The van der Waals surface area contributed by atoms with E-state index in [1.165, 1.54) is 0 Å². The predicted octanol–water partition coefficient (Wildman–Crippen LogP) is 2.32. The molecule has 0 saturated heterocycles. The number of pyridine rings is 1. The van der Waals surface area contributed by atoms with Crippen LogP contribution in [0, 0.1) is 5.92 Å². The number of carbonyl (C=O) groups excluding carboxylic acids is 1. The second-order valence-electron chi connectivity index (χ2n) is 6.14. The van der Waals surface area contributed by atoms with Gasteiger partial charge in [0, 0.05) is 25.0 Å². The first-order valence-corrected chi connectivity index (χ1v) is 8.08. The second-order valence-corrected chi connectivity index (χ2v) is 6.14. The van der Waals surface area contributed by atoms with Crippen LogP contribution in [0.4, 0.5) is 10.6 Å². The van der Waals surface area contributed by atoms with Crippen molar-refractivity contribution in [2.45, 2.75) is 20.4 Å². The van der Waals surface area contributed by atoms with E-state index in [-0.39, 0.29) is 6.03 Å². The molecule has 0 fully saturated rings. The molecule has 2 aromatic heterocycles. The molecule has 0 spiro atoms. The highest BCUT2D eigenvalue weighted by molar-refractivity contribution is 6.09. The lowest BCUT2D eigenvalue weighted by molar-refractivity contribution is 0.252. The first kappa shape index (κ1) is 16.2. The number of nitrogens with two attached hydrogens (primary N) is 1. The zero-order valence-electron chi connectivity index (χ0n) is 13.9. The lowest BCUT2D eigenvalue weighted by Crippen LogP contribution is -2.33. The molecule has 4 N–H and O–H groups in total. The highest BCUT2D eigenvalue weighted by atomic mass is 16.2. The number of benzene rings is 1. The van der Waals surface area contributed by atoms with E-state index in [1.807, 2.05) is 30.6 Å². The molecule has 24 heavy (non-hydrogen) atoms. The van der Waals surface area contributed by atoms with E-state index in [4.69, 9.17) is 5.73 Å². The molecule has 0 aliphatic rings. The lowest BCUT2D eigenvalue weighted by atomic mass is 10.1. The van der Waals surface area contributed by atoms with Crippen LogP contribution < -0.4 is 16.4 Å². The van der Waals surface area contributed by atoms with Gasteiger partial charge in [-0.05, 0) is 12.0 Å². The number of aromatic nitrogens is 3. The van der Waals surface area contributed by atoms with Crippen molar-refractivity contribution < 1.29 is 4.79 Å². The van der Waals surface area contributed by atoms with Gasteiger partial charge in [0.15, 0.2) is 5.82 Å². The molecule has 126 valence electrons. The van der Waals surface area contributed by atoms with Gasteiger partial charge in [0.2, 0.25) is 0 Å². The minimum atomic E-state index is -0.331. The molecule has 0 atom stereocenters. The van der Waals surface area contributed by atoms with E-state index < -0.39 is 0 Å². The van der Waals surface area contributed by atoms with Crippen LogP contribution in [0.3, 0.4) is 0 Å². The number of imidazole rings is 1. The third kappa shape index (κ3) is 3.16. The Morgan fingerprint density at radius 3 is 2.88 bits per heavy atom. The summed E-state index contributed by atoms with van der Waals surface area (Å²) in [5.74, 6) is 0.944. The molecule has 0 radical (unpaired) electrons. The van der Waals surface area contributed by atoms with Crippen LogP contribution in [0.1, 0.15) is 13.8 Å². The van der Waals surface area contributed by atoms with Crippen molar-refractivity contribution in [3.05, 3.63) is 30.6 Å². The van der Waals surface area contributed by atoms with Gasteiger partial charge in [-0.1, -0.05) is 32.0 Å². The topological polar surface area (TPSA) is 97.9 Å². The number of para-hydroxylation sites is 1. The minimum absolute atomic E-state index is 0.331. The average Bonchev–Trinajstić information content (AvgIpc) is 2.97. The Balaban J connectivity index is 2.11. The maximum atomic E-state index is 12.0. The maximum Gasteiger partial charge on any atom is 0.320 e. The van der Waals surface area contributed by atoms with Crippen molar-refractivity contribution in [2.24, 2.45) is 11.7 Å². The molecule has 0 aliphatic heterocycles. The standard InChI is InChI=1S/C17H22N6O/c1-11(2)9-23-10-20-14-15(23)12-5-3-4-6-13(12)21-16(14)22-17(24)19-8-7-18/h3-6,10-11H,7-9,18H2,1-2H3,(H2,19,21,22,24). The van der Waals surface area contributed by atoms with Crippen molar-refractivity contribution in [2.75, 3.05) is 18.4 Å². The van der Waals surface area contributed by atoms with Crippen molar-refractivity contribution in [1.29, 1.82) is 0 Å². The quantitative estimate of drug-likeness (QED) is 0.670. The Hall–Kier alpha value is -2.67. The zero-order chi connectivity index (χ0) is 17.1. The van der Waals surface area contributed by atoms with Crippen LogP contribution in [0.15, 0.2) is 30.6 Å². The van der Waals surface area contributed by atoms with Gasteiger partial charge in [0.1, 0.15) is 5.52 Å². The molecular formula is C17H22N6O. The maximum absolute atomic E-state index is 12.0. The van der Waals surface area contributed by atoms with Crippen molar-refractivity contribution in [3.63, 3.8) is 0 Å². The Morgan fingerprint density at radius 1 is 1.33 bits per heavy atom. The van der Waals surface area contributed by atoms with E-state index in [9.17, 15) is 4.79 Å². The normalized spacial score (nSPS) is 11.3. The summed E-state index contributed by atoms with van der Waals surface area (Å²) in [5.41, 5.74) is 7.92. The first-order chi connectivity index (χ1) is 11.6. The number of carbonyl (C=O) groups is 1. The number of urea groups is 1. The van der Waals surface area contributed by atoms with E-state index in [1.54, 1.807) is 0 Å². The fourth-order valence-electron chi connectivity index (χ4n) is 2.74. The Bertz CT molecular complexity index is 870. The van der Waals surface area contributed by atoms with Crippen molar-refractivity contribution >= 4 is 33.8 Å². The average molecular weight is 326 g/mol. The summed E-state index contributed by atoms with van der Waals surface area (Å²) in [6, 6.07) is 7.55. The van der Waals surface area contributed by atoms with E-state index >= 15 is 0 Å². The molecule has 3 aromatic rings. The molecule has 0 bridgehead atoms. The minimum Gasteiger partial charge on any atom is -0.337 e. The summed E-state index contributed by atoms with van der Waals surface area (Å²) in [5, 5.41) is 6.50. The summed E-state index contributed by atoms with van der Waals surface area (Å²) < 4.78 is 2.12. The number of fused-ring (bicyclic) bond motifs is 3. The largest absolute Gasteiger partial charge is 0.337 e. The third-order valence-corrected chi connectivity index (χ3v) is 3.68. The molecule has 3 rings (SSSR count). The smallest absolute Gasteiger partial charge is 0.320 e. The number of hydrogen-bond acceptors (Lipinski definition) is 4. The second kappa shape index (κ2) is 6.84. The third-order valence-electron chi connectivity index (χ3n) is 3.68. The molecule has 7 nitrogen and oxygen atoms in total. The van der Waals surface area contributed by atoms with Crippen molar-refractivity contribution in [1.82, 2.24) is 19.9 Å². The van der Waals surface area contributed by atoms with Gasteiger partial charge in [-0.25, -0.2) is 14.8 Å². The molecule has 0 saturated carbocycles. The zero-order valence-corrected chi connectivity index (χ0v) is 13.9. The van der Waals surface area contributed by atoms with Gasteiger partial charge in [-0.2, -0.15) is 0 Å². The summed E-state index contributed by atoms with van der Waals surface area (Å²) in [4.78, 5) is 21.0. The number of nitrogens with zero attached hydrogens (tertiary/aromatic N) is 3. The fraction of sp³-hybridized carbons (Fsp3) is 0.353. The molecule has 0 aliphatic carbocycles. The van der Waals surface area contributed by atoms with E-state index in [2.05, 4.69) is 39.0 Å². The van der Waals surface area contributed by atoms with Crippen molar-refractivity contribution in [3.8, 4) is 0 Å². The lowest BCUT2D eigenvalue weighted by Gasteiger charge is -2.11. The predicted molar refractivity (Wildman–Crippen MR) is 95.9 cm³/mol. The van der Waals surface area contributed by atoms with Gasteiger partial charge >= 0.3 is 6.03 Å². The highest BCUT2D eigenvalue weighted by Gasteiger charge is 2.16. The van der Waals surface area contributed by atoms with Gasteiger partial charge < -0.3 is 15.6 Å². The highest BCUT2D eigenvalue weighted by Crippen LogP contribution is 2.29. The van der Waals surface area contributed by atoms with E-state index in [0.717, 1.165) is 23.0 Å². The number of rotatable bonds is 5. The van der Waals surface area contributed by atoms with E-state index in [0.29, 0.717) is 30.3 Å². The van der Waals surface area contributed by atoms with Gasteiger partial charge in [-0.3, -0.25) is 5.32 Å². The number of hydrogen-bond donors (Lipinski definition) is 3. The summed E-state index contributed by atoms with van der Waals surface area (Å²) in [7, 11) is 0. The van der Waals surface area contributed by atoms with Crippen LogP contribution in [-0.2, 0) is 6.54 Å². The van der Waals surface area contributed by atoms with Crippen LogP contribution in [0.5, 0.6) is 0 Å². The van der Waals surface area contributed by atoms with Crippen LogP contribution in [0.25, 0.3) is 21.9 Å². The van der Waals surface area contributed by atoms with Gasteiger partial charge in [0.25, 0.3) is 0 Å². The summed E-state index contributed by atoms with van der Waals surface area (Å²) in [6.45, 7) is 5.97. The van der Waals surface area contributed by atoms with Gasteiger partial charge in [-0.15, -0.1) is 0 Å². The number of nitrogens with one attached hydrogen (secondary N) is 2. The molecule has 2 heterocycles.